The number of fused-ring (bicyclic) bond motifs is 1. The van der Waals surface area contributed by atoms with Crippen LogP contribution in [-0.4, -0.2) is 24.4 Å². The minimum absolute atomic E-state index is 0.00669. The number of furan rings is 1. The van der Waals surface area contributed by atoms with Gasteiger partial charge in [-0.25, -0.2) is 13.6 Å². The van der Waals surface area contributed by atoms with E-state index >= 15 is 0 Å². The van der Waals surface area contributed by atoms with E-state index in [2.05, 4.69) is 10.3 Å². The SMILES string of the molecule is CC(C)(O)c1cc(S(N)(=O)=O)oc1C(=O)Nc1cccc2cccnc12. The predicted molar refractivity (Wildman–Crippen MR) is 95.0 cm³/mol. The summed E-state index contributed by atoms with van der Waals surface area (Å²) in [6.45, 7) is 2.81. The van der Waals surface area contributed by atoms with Crippen molar-refractivity contribution < 1.29 is 22.7 Å². The molecular weight excluding hydrogens is 358 g/mol. The highest BCUT2D eigenvalue weighted by atomic mass is 32.2. The second-order valence-corrected chi connectivity index (χ2v) is 7.74. The highest BCUT2D eigenvalue weighted by Gasteiger charge is 2.31. The number of sulfonamides is 1. The van der Waals surface area contributed by atoms with E-state index in [1.165, 1.54) is 13.8 Å². The van der Waals surface area contributed by atoms with Gasteiger partial charge in [-0.3, -0.25) is 9.78 Å². The molecule has 1 amide bonds. The summed E-state index contributed by atoms with van der Waals surface area (Å²) in [4.78, 5) is 16.9. The largest absolute Gasteiger partial charge is 0.438 e. The molecule has 0 saturated carbocycles. The lowest BCUT2D eigenvalue weighted by Crippen LogP contribution is -2.21. The van der Waals surface area contributed by atoms with E-state index in [0.717, 1.165) is 11.5 Å². The number of carbonyl (C=O) groups is 1. The molecule has 2 aromatic heterocycles. The number of benzene rings is 1. The summed E-state index contributed by atoms with van der Waals surface area (Å²) in [7, 11) is -4.18. The van der Waals surface area contributed by atoms with E-state index in [0.29, 0.717) is 11.2 Å². The van der Waals surface area contributed by atoms with Crippen LogP contribution in [0, 0.1) is 0 Å². The topological polar surface area (TPSA) is 136 Å². The molecule has 0 bridgehead atoms. The van der Waals surface area contributed by atoms with Crippen molar-refractivity contribution in [2.75, 3.05) is 5.32 Å². The number of nitrogens with zero attached hydrogens (tertiary/aromatic N) is 1. The van der Waals surface area contributed by atoms with E-state index in [1.54, 1.807) is 24.4 Å². The van der Waals surface area contributed by atoms with Crippen LogP contribution in [0.5, 0.6) is 0 Å². The number of hydrogen-bond donors (Lipinski definition) is 3. The molecule has 0 atom stereocenters. The van der Waals surface area contributed by atoms with Crippen molar-refractivity contribution in [3.8, 4) is 0 Å². The lowest BCUT2D eigenvalue weighted by molar-refractivity contribution is 0.0740. The first-order valence-electron chi connectivity index (χ1n) is 7.62. The van der Waals surface area contributed by atoms with Gasteiger partial charge >= 0.3 is 0 Å². The van der Waals surface area contributed by atoms with Crippen molar-refractivity contribution in [3.63, 3.8) is 0 Å². The zero-order valence-corrected chi connectivity index (χ0v) is 14.9. The molecule has 9 heteroatoms. The van der Waals surface area contributed by atoms with Gasteiger partial charge in [-0.2, -0.15) is 0 Å². The third-order valence-corrected chi connectivity index (χ3v) is 4.50. The molecule has 4 N–H and O–H groups in total. The van der Waals surface area contributed by atoms with Crippen molar-refractivity contribution in [2.24, 2.45) is 5.14 Å². The molecule has 0 radical (unpaired) electrons. The highest BCUT2D eigenvalue weighted by molar-refractivity contribution is 7.89. The fourth-order valence-electron chi connectivity index (χ4n) is 2.52. The maximum Gasteiger partial charge on any atom is 0.291 e. The summed E-state index contributed by atoms with van der Waals surface area (Å²) >= 11 is 0. The van der Waals surface area contributed by atoms with Crippen molar-refractivity contribution in [2.45, 2.75) is 24.5 Å². The molecule has 0 saturated heterocycles. The number of primary sulfonamides is 1. The first-order valence-corrected chi connectivity index (χ1v) is 9.16. The van der Waals surface area contributed by atoms with Crippen LogP contribution in [-0.2, 0) is 15.6 Å². The molecule has 0 aliphatic heterocycles. The van der Waals surface area contributed by atoms with Crippen LogP contribution >= 0.6 is 0 Å². The Morgan fingerprint density at radius 3 is 2.62 bits per heavy atom. The molecule has 0 aliphatic rings. The Labute approximate surface area is 149 Å². The molecule has 8 nitrogen and oxygen atoms in total. The van der Waals surface area contributed by atoms with Crippen molar-refractivity contribution >= 4 is 32.5 Å². The second-order valence-electron chi connectivity index (χ2n) is 6.25. The van der Waals surface area contributed by atoms with Gasteiger partial charge in [-0.1, -0.05) is 18.2 Å². The number of pyridine rings is 1. The number of anilines is 1. The molecule has 3 rings (SSSR count). The Balaban J connectivity index is 2.06. The van der Waals surface area contributed by atoms with Crippen LogP contribution in [0.15, 0.2) is 52.1 Å². The number of carbonyl (C=O) groups excluding carboxylic acids is 1. The van der Waals surface area contributed by atoms with Crippen LogP contribution in [0.2, 0.25) is 0 Å². The predicted octanol–water partition coefficient (Wildman–Crippen LogP) is 1.95. The smallest absolute Gasteiger partial charge is 0.291 e. The molecule has 3 aromatic rings. The molecule has 0 fully saturated rings. The van der Waals surface area contributed by atoms with E-state index < -0.39 is 26.6 Å². The third-order valence-electron chi connectivity index (χ3n) is 3.74. The molecule has 0 unspecified atom stereocenters. The number of amides is 1. The molecule has 26 heavy (non-hydrogen) atoms. The fraction of sp³-hybridized carbons (Fsp3) is 0.176. The summed E-state index contributed by atoms with van der Waals surface area (Å²) in [5.74, 6) is -1.07. The second kappa shape index (κ2) is 6.20. The third kappa shape index (κ3) is 3.45. The zero-order chi connectivity index (χ0) is 19.1. The lowest BCUT2D eigenvalue weighted by atomic mass is 9.98. The van der Waals surface area contributed by atoms with Gasteiger partial charge in [0, 0.05) is 23.2 Å². The Kier molecular flexibility index (Phi) is 4.31. The van der Waals surface area contributed by atoms with Gasteiger partial charge in [0.05, 0.1) is 16.8 Å². The van der Waals surface area contributed by atoms with Crippen molar-refractivity contribution in [1.29, 1.82) is 0 Å². The Bertz CT molecular complexity index is 1090. The van der Waals surface area contributed by atoms with Gasteiger partial charge in [-0.15, -0.1) is 0 Å². The van der Waals surface area contributed by atoms with Crippen LogP contribution in [0.4, 0.5) is 5.69 Å². The average molecular weight is 375 g/mol. The van der Waals surface area contributed by atoms with Gasteiger partial charge in [-0.05, 0) is 26.0 Å². The molecule has 1 aromatic carbocycles. The van der Waals surface area contributed by atoms with Gasteiger partial charge in [0.1, 0.15) is 0 Å². The summed E-state index contributed by atoms with van der Waals surface area (Å²) in [6, 6.07) is 9.89. The highest BCUT2D eigenvalue weighted by Crippen LogP contribution is 2.30. The summed E-state index contributed by atoms with van der Waals surface area (Å²) in [5, 5.41) is 18.2. The molecule has 0 spiro atoms. The fourth-order valence-corrected chi connectivity index (χ4v) is 3.00. The molecular formula is C17H17N3O5S. The summed E-state index contributed by atoms with van der Waals surface area (Å²) in [6.07, 6.45) is 1.59. The minimum Gasteiger partial charge on any atom is -0.438 e. The monoisotopic (exact) mass is 375 g/mol. The Morgan fingerprint density at radius 1 is 1.27 bits per heavy atom. The number of aliphatic hydroxyl groups is 1. The molecule has 2 heterocycles. The normalized spacial score (nSPS) is 12.3. The van der Waals surface area contributed by atoms with Crippen LogP contribution in [0.3, 0.4) is 0 Å². The number of para-hydroxylation sites is 1. The molecule has 0 aliphatic carbocycles. The zero-order valence-electron chi connectivity index (χ0n) is 14.1. The van der Waals surface area contributed by atoms with Crippen LogP contribution in [0.1, 0.15) is 30.0 Å². The van der Waals surface area contributed by atoms with Gasteiger partial charge in [0.15, 0.2) is 5.76 Å². The van der Waals surface area contributed by atoms with Crippen molar-refractivity contribution in [1.82, 2.24) is 4.98 Å². The first-order chi connectivity index (χ1) is 12.1. The van der Waals surface area contributed by atoms with Gasteiger partial charge in [0.2, 0.25) is 5.09 Å². The summed E-state index contributed by atoms with van der Waals surface area (Å²) in [5.41, 5.74) is -0.530. The van der Waals surface area contributed by atoms with E-state index in [9.17, 15) is 18.3 Å². The Hall–Kier alpha value is -2.75. The average Bonchev–Trinajstić information content (AvgIpc) is 3.01. The standard InChI is InChI=1S/C17H17N3O5S/c1-17(2,22)11-9-13(26(18,23)24)25-15(11)16(21)20-12-7-3-5-10-6-4-8-19-14(10)12/h3-9,22H,1-2H3,(H,20,21)(H2,18,23,24). The summed E-state index contributed by atoms with van der Waals surface area (Å²) < 4.78 is 28.2. The maximum atomic E-state index is 12.7. The maximum absolute atomic E-state index is 12.7. The number of nitrogens with two attached hydrogens (primary N) is 1. The quantitative estimate of drug-likeness (QED) is 0.638. The minimum atomic E-state index is -4.18. The van der Waals surface area contributed by atoms with E-state index in [-0.39, 0.29) is 11.3 Å². The van der Waals surface area contributed by atoms with Crippen molar-refractivity contribution in [3.05, 3.63) is 53.9 Å². The number of aromatic nitrogens is 1. The Morgan fingerprint density at radius 2 is 1.96 bits per heavy atom. The number of hydrogen-bond acceptors (Lipinski definition) is 6. The van der Waals surface area contributed by atoms with E-state index in [4.69, 9.17) is 9.56 Å². The first kappa shape index (κ1) is 18.1. The van der Waals surface area contributed by atoms with E-state index in [1.807, 2.05) is 12.1 Å². The lowest BCUT2D eigenvalue weighted by Gasteiger charge is -2.16. The van der Waals surface area contributed by atoms with Crippen LogP contribution in [0.25, 0.3) is 10.9 Å². The number of nitrogens with one attached hydrogen (secondary N) is 1. The number of rotatable bonds is 4. The van der Waals surface area contributed by atoms with Gasteiger partial charge in [0.25, 0.3) is 15.9 Å². The molecule has 136 valence electrons. The van der Waals surface area contributed by atoms with Crippen LogP contribution < -0.4 is 10.5 Å². The van der Waals surface area contributed by atoms with Gasteiger partial charge < -0.3 is 14.8 Å².